The fraction of sp³-hybridized carbons (Fsp3) is 0.312. The van der Waals surface area contributed by atoms with Crippen molar-refractivity contribution in [1.82, 2.24) is 0 Å². The summed E-state index contributed by atoms with van der Waals surface area (Å²) in [5.74, 6) is -1.86. The molecule has 1 aromatic carbocycles. The summed E-state index contributed by atoms with van der Waals surface area (Å²) < 4.78 is 14.6. The summed E-state index contributed by atoms with van der Waals surface area (Å²) in [6, 6.07) is 4.80. The number of esters is 1. The number of ether oxygens (including phenoxy) is 3. The topological polar surface area (TPSA) is 136 Å². The summed E-state index contributed by atoms with van der Waals surface area (Å²) in [4.78, 5) is 11.9. The first-order valence-electron chi connectivity index (χ1n) is 7.42. The molecule has 0 aliphatic carbocycles. The third kappa shape index (κ3) is 5.41. The van der Waals surface area contributed by atoms with Gasteiger partial charge in [0.15, 0.2) is 22.9 Å². The van der Waals surface area contributed by atoms with Gasteiger partial charge in [-0.25, -0.2) is 4.79 Å². The Labute approximate surface area is 145 Å². The molecule has 0 saturated carbocycles. The quantitative estimate of drug-likeness (QED) is 0.161. The fourth-order valence-corrected chi connectivity index (χ4v) is 1.73. The Bertz CT molecular complexity index is 697. The number of rotatable bonds is 8. The van der Waals surface area contributed by atoms with E-state index in [4.69, 9.17) is 19.9 Å². The zero-order valence-electron chi connectivity index (χ0n) is 14.2. The van der Waals surface area contributed by atoms with Crippen LogP contribution in [0.3, 0.4) is 0 Å². The van der Waals surface area contributed by atoms with Gasteiger partial charge in [0, 0.05) is 5.56 Å². The smallest absolute Gasteiger partial charge is 0.349 e. The van der Waals surface area contributed by atoms with E-state index < -0.39 is 23.3 Å². The molecular formula is C16H21N3O6. The third-order valence-corrected chi connectivity index (χ3v) is 2.84. The summed E-state index contributed by atoms with van der Waals surface area (Å²) in [5, 5.41) is 27.1. The first kappa shape index (κ1) is 19.8. The van der Waals surface area contributed by atoms with Gasteiger partial charge >= 0.3 is 5.97 Å². The van der Waals surface area contributed by atoms with Crippen LogP contribution in [0.5, 0.6) is 11.5 Å². The van der Waals surface area contributed by atoms with Crippen molar-refractivity contribution >= 4 is 18.0 Å². The number of phenols is 1. The maximum atomic E-state index is 11.9. The summed E-state index contributed by atoms with van der Waals surface area (Å²) in [6.07, 6.45) is 1.21. The largest absolute Gasteiger partial charge is 0.504 e. The number of nitrogens with zero attached hydrogens (tertiary/aromatic N) is 2. The van der Waals surface area contributed by atoms with Gasteiger partial charge in [0.1, 0.15) is 0 Å². The van der Waals surface area contributed by atoms with Gasteiger partial charge in [0.2, 0.25) is 0 Å². The van der Waals surface area contributed by atoms with Crippen LogP contribution in [0.25, 0.3) is 0 Å². The van der Waals surface area contributed by atoms with Crippen molar-refractivity contribution in [3.63, 3.8) is 0 Å². The molecule has 0 aromatic heterocycles. The number of methoxy groups -OCH3 is 1. The molecule has 0 aliphatic heterocycles. The molecule has 0 spiro atoms. The molecular weight excluding hydrogens is 330 g/mol. The minimum absolute atomic E-state index is 0.0793. The van der Waals surface area contributed by atoms with Crippen molar-refractivity contribution in [1.29, 1.82) is 0 Å². The molecule has 0 atom stereocenters. The van der Waals surface area contributed by atoms with Crippen LogP contribution < -0.4 is 10.5 Å². The van der Waals surface area contributed by atoms with Gasteiger partial charge < -0.3 is 30.2 Å². The van der Waals surface area contributed by atoms with E-state index in [0.29, 0.717) is 5.56 Å². The van der Waals surface area contributed by atoms with Crippen LogP contribution in [0, 0.1) is 0 Å². The molecule has 4 N–H and O–H groups in total. The van der Waals surface area contributed by atoms with E-state index in [1.807, 2.05) is 0 Å². The standard InChI is InChI=1S/C16H21N3O6/c1-4-24-15(21)12(16(22)25-5-2)14(17)19-18-9-10-7-6-8-11(23-3)13(10)20/h6-9,20-21H,4-5H2,1-3H3,(H2,17,19)/b15-12-,18-9+. The van der Waals surface area contributed by atoms with Gasteiger partial charge in [0.25, 0.3) is 5.95 Å². The van der Waals surface area contributed by atoms with Gasteiger partial charge in [-0.2, -0.15) is 5.10 Å². The van der Waals surface area contributed by atoms with Gasteiger partial charge in [-0.3, -0.25) is 0 Å². The second kappa shape index (κ2) is 9.81. The lowest BCUT2D eigenvalue weighted by atomic mass is 10.2. The van der Waals surface area contributed by atoms with E-state index in [1.165, 1.54) is 13.3 Å². The molecule has 9 nitrogen and oxygen atoms in total. The number of amidine groups is 1. The number of aromatic hydroxyl groups is 1. The molecule has 0 aliphatic rings. The van der Waals surface area contributed by atoms with Crippen molar-refractivity contribution < 1.29 is 29.2 Å². The molecule has 9 heteroatoms. The number of hydrogen-bond acceptors (Lipinski definition) is 8. The lowest BCUT2D eigenvalue weighted by Gasteiger charge is -2.08. The molecule has 0 bridgehead atoms. The van der Waals surface area contributed by atoms with Crippen LogP contribution in [0.1, 0.15) is 19.4 Å². The lowest BCUT2D eigenvalue weighted by Crippen LogP contribution is -2.25. The van der Waals surface area contributed by atoms with Crippen molar-refractivity contribution in [3.05, 3.63) is 35.3 Å². The molecule has 0 amide bonds. The normalized spacial score (nSPS) is 12.7. The number of carbonyl (C=O) groups excluding carboxylic acids is 1. The molecule has 25 heavy (non-hydrogen) atoms. The molecule has 0 fully saturated rings. The van der Waals surface area contributed by atoms with Crippen LogP contribution >= 0.6 is 0 Å². The van der Waals surface area contributed by atoms with Crippen LogP contribution in [-0.4, -0.2) is 48.6 Å². The second-order valence-corrected chi connectivity index (χ2v) is 4.46. The maximum absolute atomic E-state index is 11.9. The molecule has 1 aromatic rings. The van der Waals surface area contributed by atoms with E-state index >= 15 is 0 Å². The van der Waals surface area contributed by atoms with E-state index in [0.717, 1.165) is 0 Å². The number of phenolic OH excluding ortho intramolecular Hbond substituents is 1. The number of benzene rings is 1. The van der Waals surface area contributed by atoms with E-state index in [1.54, 1.807) is 32.0 Å². The number of para-hydroxylation sites is 1. The molecule has 0 heterocycles. The Morgan fingerprint density at radius 3 is 2.56 bits per heavy atom. The van der Waals surface area contributed by atoms with E-state index in [9.17, 15) is 15.0 Å². The van der Waals surface area contributed by atoms with Crippen molar-refractivity contribution in [3.8, 4) is 11.5 Å². The van der Waals surface area contributed by atoms with Crippen molar-refractivity contribution in [2.45, 2.75) is 13.8 Å². The second-order valence-electron chi connectivity index (χ2n) is 4.46. The van der Waals surface area contributed by atoms with Gasteiger partial charge in [-0.15, -0.1) is 5.10 Å². The highest BCUT2D eigenvalue weighted by molar-refractivity contribution is 6.18. The third-order valence-electron chi connectivity index (χ3n) is 2.84. The Morgan fingerprint density at radius 2 is 1.96 bits per heavy atom. The maximum Gasteiger partial charge on any atom is 0.349 e. The Kier molecular flexibility index (Phi) is 7.77. The first-order chi connectivity index (χ1) is 12.0. The molecule has 136 valence electrons. The van der Waals surface area contributed by atoms with Gasteiger partial charge in [-0.05, 0) is 26.0 Å². The number of hydrogen-bond donors (Lipinski definition) is 3. The number of aliphatic hydroxyl groups excluding tert-OH is 1. The zero-order chi connectivity index (χ0) is 18.8. The molecule has 0 radical (unpaired) electrons. The molecule has 1 rings (SSSR count). The molecule has 0 unspecified atom stereocenters. The van der Waals surface area contributed by atoms with Crippen molar-refractivity contribution in [2.24, 2.45) is 15.9 Å². The predicted octanol–water partition coefficient (Wildman–Crippen LogP) is 1.46. The van der Waals surface area contributed by atoms with Crippen LogP contribution in [0.2, 0.25) is 0 Å². The zero-order valence-corrected chi connectivity index (χ0v) is 14.2. The van der Waals surface area contributed by atoms with Crippen molar-refractivity contribution in [2.75, 3.05) is 20.3 Å². The Balaban J connectivity index is 3.11. The van der Waals surface area contributed by atoms with E-state index in [-0.39, 0.29) is 24.7 Å². The van der Waals surface area contributed by atoms with Gasteiger partial charge in [-0.1, -0.05) is 6.07 Å². The van der Waals surface area contributed by atoms with Crippen LogP contribution in [0.15, 0.2) is 39.9 Å². The average molecular weight is 351 g/mol. The number of nitrogens with two attached hydrogens (primary N) is 1. The minimum Gasteiger partial charge on any atom is -0.504 e. The molecule has 0 saturated heterocycles. The lowest BCUT2D eigenvalue weighted by molar-refractivity contribution is -0.138. The first-order valence-corrected chi connectivity index (χ1v) is 7.42. The fourth-order valence-electron chi connectivity index (χ4n) is 1.73. The monoisotopic (exact) mass is 351 g/mol. The predicted molar refractivity (Wildman–Crippen MR) is 91.8 cm³/mol. The minimum atomic E-state index is -0.894. The number of carbonyl (C=O) groups is 1. The summed E-state index contributed by atoms with van der Waals surface area (Å²) in [5.41, 5.74) is 5.58. The highest BCUT2D eigenvalue weighted by Gasteiger charge is 2.22. The highest BCUT2D eigenvalue weighted by atomic mass is 16.6. The van der Waals surface area contributed by atoms with Crippen LogP contribution in [-0.2, 0) is 14.3 Å². The summed E-state index contributed by atoms with van der Waals surface area (Å²) >= 11 is 0. The number of aliphatic hydroxyl groups is 1. The Hall–Kier alpha value is -3.23. The van der Waals surface area contributed by atoms with E-state index in [2.05, 4.69) is 10.2 Å². The Morgan fingerprint density at radius 1 is 1.28 bits per heavy atom. The average Bonchev–Trinajstić information content (AvgIpc) is 2.57. The summed E-state index contributed by atoms with van der Waals surface area (Å²) in [6.45, 7) is 3.42. The SMILES string of the molecule is CCOC(=O)C(=C(/O)OCC)/C(N)=N\N=C\c1cccc(OC)c1O. The van der Waals surface area contributed by atoms with Crippen LogP contribution in [0.4, 0.5) is 0 Å². The summed E-state index contributed by atoms with van der Waals surface area (Å²) in [7, 11) is 1.42. The highest BCUT2D eigenvalue weighted by Crippen LogP contribution is 2.27. The van der Waals surface area contributed by atoms with Gasteiger partial charge in [0.05, 0.1) is 26.5 Å².